The van der Waals surface area contributed by atoms with E-state index in [9.17, 15) is 8.78 Å². The Balaban J connectivity index is 1.54. The number of piperazine rings is 1. The highest BCUT2D eigenvalue weighted by Crippen LogP contribution is 2.34. The Labute approximate surface area is 177 Å². The van der Waals surface area contributed by atoms with Crippen molar-refractivity contribution in [3.63, 3.8) is 0 Å². The van der Waals surface area contributed by atoms with Crippen molar-refractivity contribution in [3.8, 4) is 11.3 Å². The van der Waals surface area contributed by atoms with Crippen molar-refractivity contribution in [3.05, 3.63) is 54.2 Å². The second-order valence-corrected chi connectivity index (χ2v) is 7.34. The Morgan fingerprint density at radius 3 is 2.45 bits per heavy atom. The maximum absolute atomic E-state index is 14.6. The maximum atomic E-state index is 14.6. The van der Waals surface area contributed by atoms with Crippen LogP contribution in [0.1, 0.15) is 0 Å². The normalized spacial score (nSPS) is 14.4. The van der Waals surface area contributed by atoms with Crippen molar-refractivity contribution < 1.29 is 8.78 Å². The molecule has 5 rings (SSSR count). The molecule has 0 amide bonds. The molecular formula is C21H20F2N8. The minimum atomic E-state index is -0.975. The summed E-state index contributed by atoms with van der Waals surface area (Å²) in [4.78, 5) is 17.8. The van der Waals surface area contributed by atoms with Crippen LogP contribution < -0.4 is 15.5 Å². The van der Waals surface area contributed by atoms with Gasteiger partial charge in [-0.3, -0.25) is 4.68 Å². The predicted molar refractivity (Wildman–Crippen MR) is 115 cm³/mol. The van der Waals surface area contributed by atoms with Gasteiger partial charge in [0.15, 0.2) is 17.3 Å². The van der Waals surface area contributed by atoms with Gasteiger partial charge < -0.3 is 15.5 Å². The fourth-order valence-corrected chi connectivity index (χ4v) is 3.80. The number of pyridine rings is 1. The lowest BCUT2D eigenvalue weighted by Gasteiger charge is -2.35. The van der Waals surface area contributed by atoms with Gasteiger partial charge in [0.2, 0.25) is 5.95 Å². The molecule has 0 spiro atoms. The van der Waals surface area contributed by atoms with Gasteiger partial charge in [0.1, 0.15) is 11.6 Å². The summed E-state index contributed by atoms with van der Waals surface area (Å²) in [5.74, 6) is -0.308. The lowest BCUT2D eigenvalue weighted by Crippen LogP contribution is -2.47. The average molecular weight is 422 g/mol. The third kappa shape index (κ3) is 3.29. The Bertz CT molecular complexity index is 1250. The van der Waals surface area contributed by atoms with E-state index in [-0.39, 0.29) is 11.3 Å². The van der Waals surface area contributed by atoms with E-state index < -0.39 is 11.6 Å². The van der Waals surface area contributed by atoms with Crippen LogP contribution in [0.4, 0.5) is 26.4 Å². The van der Waals surface area contributed by atoms with Crippen LogP contribution in [0.25, 0.3) is 22.3 Å². The summed E-state index contributed by atoms with van der Waals surface area (Å²) in [6.07, 6.45) is 1.77. The first kappa shape index (κ1) is 19.2. The van der Waals surface area contributed by atoms with E-state index >= 15 is 0 Å². The predicted octanol–water partition coefficient (Wildman–Crippen LogP) is 2.61. The molecule has 3 aromatic heterocycles. The van der Waals surface area contributed by atoms with Gasteiger partial charge in [-0.1, -0.05) is 12.1 Å². The van der Waals surface area contributed by atoms with Crippen LogP contribution in [-0.4, -0.2) is 50.9 Å². The van der Waals surface area contributed by atoms with E-state index in [2.05, 4.69) is 25.0 Å². The molecule has 0 saturated carbocycles. The van der Waals surface area contributed by atoms with Gasteiger partial charge in [0.05, 0.1) is 11.1 Å². The molecule has 0 bridgehead atoms. The first-order valence-electron chi connectivity index (χ1n) is 9.88. The molecule has 4 aromatic rings. The van der Waals surface area contributed by atoms with Gasteiger partial charge in [-0.15, -0.1) is 0 Å². The van der Waals surface area contributed by atoms with Crippen molar-refractivity contribution in [1.82, 2.24) is 24.7 Å². The fraction of sp³-hybridized carbons (Fsp3) is 0.238. The summed E-state index contributed by atoms with van der Waals surface area (Å²) in [6.45, 7) is 2.75. The van der Waals surface area contributed by atoms with E-state index in [1.54, 1.807) is 13.2 Å². The Morgan fingerprint density at radius 1 is 0.935 bits per heavy atom. The van der Waals surface area contributed by atoms with Crippen LogP contribution in [0.5, 0.6) is 0 Å². The van der Waals surface area contributed by atoms with Crippen molar-refractivity contribution in [2.75, 3.05) is 41.7 Å². The van der Waals surface area contributed by atoms with Gasteiger partial charge in [-0.05, 0) is 24.3 Å². The number of fused-ring (bicyclic) bond motifs is 1. The molecule has 0 unspecified atom stereocenters. The summed E-state index contributed by atoms with van der Waals surface area (Å²) in [5, 5.41) is 4.75. The number of aryl methyl sites for hydroxylation is 1. The van der Waals surface area contributed by atoms with Crippen molar-refractivity contribution in [2.24, 2.45) is 7.05 Å². The molecule has 158 valence electrons. The van der Waals surface area contributed by atoms with Crippen molar-refractivity contribution in [2.45, 2.75) is 0 Å². The van der Waals surface area contributed by atoms with E-state index in [0.717, 1.165) is 25.0 Å². The second-order valence-electron chi connectivity index (χ2n) is 7.34. The molecule has 1 fully saturated rings. The number of anilines is 3. The largest absolute Gasteiger partial charge is 0.383 e. The Kier molecular flexibility index (Phi) is 4.61. The van der Waals surface area contributed by atoms with Gasteiger partial charge in [0.25, 0.3) is 0 Å². The lowest BCUT2D eigenvalue weighted by molar-refractivity contribution is 0.511. The number of hydrogen-bond donors (Lipinski definition) is 1. The Morgan fingerprint density at radius 2 is 1.71 bits per heavy atom. The molecule has 1 aliphatic heterocycles. The molecule has 1 aromatic carbocycles. The average Bonchev–Trinajstić information content (AvgIpc) is 3.09. The number of nitrogens with two attached hydrogens (primary N) is 1. The smallest absolute Gasteiger partial charge is 0.228 e. The van der Waals surface area contributed by atoms with Crippen LogP contribution in [0.3, 0.4) is 0 Å². The third-order valence-corrected chi connectivity index (χ3v) is 5.47. The van der Waals surface area contributed by atoms with Crippen molar-refractivity contribution in [1.29, 1.82) is 0 Å². The summed E-state index contributed by atoms with van der Waals surface area (Å²) in [7, 11) is 1.67. The SMILES string of the molecule is Cn1nc2nc(N3CCN(c4ccccn4)CC3)nc(-c3cccc(F)c3F)c2c1N. The number of aromatic nitrogens is 5. The number of rotatable bonds is 3. The van der Waals surface area contributed by atoms with E-state index in [1.165, 1.54) is 16.8 Å². The molecule has 1 aliphatic rings. The number of hydrogen-bond acceptors (Lipinski definition) is 7. The molecule has 4 heterocycles. The van der Waals surface area contributed by atoms with Crippen LogP contribution in [0.2, 0.25) is 0 Å². The topological polar surface area (TPSA) is 89.0 Å². The fourth-order valence-electron chi connectivity index (χ4n) is 3.80. The minimum absolute atomic E-state index is 0.0282. The van der Waals surface area contributed by atoms with Crippen LogP contribution >= 0.6 is 0 Å². The zero-order valence-corrected chi connectivity index (χ0v) is 16.8. The zero-order chi connectivity index (χ0) is 21.5. The summed E-state index contributed by atoms with van der Waals surface area (Å²) in [6, 6.07) is 9.81. The molecule has 10 heteroatoms. The highest BCUT2D eigenvalue weighted by molar-refractivity contribution is 5.99. The molecule has 31 heavy (non-hydrogen) atoms. The molecule has 8 nitrogen and oxygen atoms in total. The van der Waals surface area contributed by atoms with E-state index in [1.807, 2.05) is 23.1 Å². The van der Waals surface area contributed by atoms with Gasteiger partial charge >= 0.3 is 0 Å². The minimum Gasteiger partial charge on any atom is -0.383 e. The summed E-state index contributed by atoms with van der Waals surface area (Å²) in [5.41, 5.74) is 6.76. The second kappa shape index (κ2) is 7.46. The van der Waals surface area contributed by atoms with Crippen molar-refractivity contribution >= 4 is 28.6 Å². The van der Waals surface area contributed by atoms with Crippen LogP contribution in [0.15, 0.2) is 42.6 Å². The third-order valence-electron chi connectivity index (χ3n) is 5.47. The molecule has 2 N–H and O–H groups in total. The molecule has 0 atom stereocenters. The van der Waals surface area contributed by atoms with Crippen LogP contribution in [-0.2, 0) is 7.05 Å². The first-order chi connectivity index (χ1) is 15.0. The highest BCUT2D eigenvalue weighted by atomic mass is 19.2. The van der Waals surface area contributed by atoms with E-state index in [0.29, 0.717) is 35.9 Å². The number of nitrogen functional groups attached to an aromatic ring is 1. The van der Waals surface area contributed by atoms with E-state index in [4.69, 9.17) is 5.73 Å². The number of nitrogens with zero attached hydrogens (tertiary/aromatic N) is 7. The molecule has 1 saturated heterocycles. The molecular weight excluding hydrogens is 402 g/mol. The molecule has 0 radical (unpaired) electrons. The van der Waals surface area contributed by atoms with Gasteiger partial charge in [-0.2, -0.15) is 10.1 Å². The zero-order valence-electron chi connectivity index (χ0n) is 16.8. The standard InChI is InChI=1S/C21H20F2N8/c1-29-19(24)16-18(13-5-4-6-14(22)17(13)23)26-21(27-20(16)28-29)31-11-9-30(10-12-31)15-7-2-3-8-25-15/h2-8H,9-12,24H2,1H3. The van der Waals surface area contributed by atoms with Gasteiger partial charge in [-0.25, -0.2) is 18.7 Å². The lowest BCUT2D eigenvalue weighted by atomic mass is 10.1. The monoisotopic (exact) mass is 422 g/mol. The maximum Gasteiger partial charge on any atom is 0.228 e. The highest BCUT2D eigenvalue weighted by Gasteiger charge is 2.25. The number of halogens is 2. The summed E-state index contributed by atoms with van der Waals surface area (Å²) < 4.78 is 30.0. The molecule has 0 aliphatic carbocycles. The first-order valence-corrected chi connectivity index (χ1v) is 9.88. The van der Waals surface area contributed by atoms with Crippen LogP contribution in [0, 0.1) is 11.6 Å². The Hall–Kier alpha value is -3.82. The quantitative estimate of drug-likeness (QED) is 0.543. The number of benzene rings is 1. The van der Waals surface area contributed by atoms with Gasteiger partial charge in [0, 0.05) is 45.0 Å². The summed E-state index contributed by atoms with van der Waals surface area (Å²) >= 11 is 0.